The van der Waals surface area contributed by atoms with Crippen LogP contribution in [-0.4, -0.2) is 10.9 Å². The van der Waals surface area contributed by atoms with Gasteiger partial charge in [0.05, 0.1) is 5.69 Å². The monoisotopic (exact) mass is 518 g/mol. The molecule has 0 aliphatic carbocycles. The van der Waals surface area contributed by atoms with Gasteiger partial charge in [-0.05, 0) is 34.4 Å². The van der Waals surface area contributed by atoms with Crippen molar-refractivity contribution in [2.24, 2.45) is 5.73 Å². The number of nitrogens with zero attached hydrogens (tertiary/aromatic N) is 2. The average molecular weight is 519 g/mol. The van der Waals surface area contributed by atoms with Crippen molar-refractivity contribution < 1.29 is 4.79 Å². The molecule has 6 heteroatoms. The van der Waals surface area contributed by atoms with Crippen LogP contribution in [0, 0.1) is 0 Å². The van der Waals surface area contributed by atoms with Crippen molar-refractivity contribution in [3.05, 3.63) is 142 Å². The van der Waals surface area contributed by atoms with Gasteiger partial charge in [-0.15, -0.1) is 11.3 Å². The van der Waals surface area contributed by atoms with Gasteiger partial charge < -0.3 is 16.0 Å². The second kappa shape index (κ2) is 12.3. The lowest BCUT2D eigenvalue weighted by Gasteiger charge is -2.22. The van der Waals surface area contributed by atoms with Crippen LogP contribution >= 0.6 is 11.3 Å². The molecule has 3 N–H and O–H groups in total. The number of hydrogen-bond donors (Lipinski definition) is 2. The highest BCUT2D eigenvalue weighted by atomic mass is 32.1. The summed E-state index contributed by atoms with van der Waals surface area (Å²) in [5.41, 5.74) is 12.9. The zero-order chi connectivity index (χ0) is 26.2. The van der Waals surface area contributed by atoms with Crippen molar-refractivity contribution in [1.29, 1.82) is 0 Å². The van der Waals surface area contributed by atoms with Crippen molar-refractivity contribution >= 4 is 22.4 Å². The number of aromatic nitrogens is 1. The fourth-order valence-corrected chi connectivity index (χ4v) is 5.11. The predicted molar refractivity (Wildman–Crippen MR) is 156 cm³/mol. The number of thiazole rings is 1. The van der Waals surface area contributed by atoms with Gasteiger partial charge in [0.1, 0.15) is 0 Å². The van der Waals surface area contributed by atoms with E-state index in [2.05, 4.69) is 52.0 Å². The highest BCUT2D eigenvalue weighted by Crippen LogP contribution is 2.29. The molecule has 0 fully saturated rings. The zero-order valence-corrected chi connectivity index (χ0v) is 21.9. The maximum absolute atomic E-state index is 12.8. The Morgan fingerprint density at radius 2 is 1.39 bits per heavy atom. The fourth-order valence-electron chi connectivity index (χ4n) is 4.28. The molecule has 0 saturated heterocycles. The number of hydrogen-bond acceptors (Lipinski definition) is 5. The van der Waals surface area contributed by atoms with Crippen LogP contribution in [0.1, 0.15) is 32.6 Å². The smallest absolute Gasteiger partial charge is 0.251 e. The minimum Gasteiger partial charge on any atom is -0.348 e. The summed E-state index contributed by atoms with van der Waals surface area (Å²) in [6.07, 6.45) is 0. The maximum Gasteiger partial charge on any atom is 0.251 e. The molecule has 0 aliphatic rings. The summed E-state index contributed by atoms with van der Waals surface area (Å²) in [5.74, 6) is -0.0942. The van der Waals surface area contributed by atoms with E-state index in [9.17, 15) is 4.79 Å². The third kappa shape index (κ3) is 6.54. The quantitative estimate of drug-likeness (QED) is 0.224. The maximum atomic E-state index is 12.8. The molecular weight excluding hydrogens is 488 g/mol. The third-order valence-electron chi connectivity index (χ3n) is 6.32. The number of carbonyl (C=O) groups excluding carboxylic acids is 1. The summed E-state index contributed by atoms with van der Waals surface area (Å²) >= 11 is 1.65. The predicted octanol–water partition coefficient (Wildman–Crippen LogP) is 6.41. The second-order valence-corrected chi connectivity index (χ2v) is 9.96. The van der Waals surface area contributed by atoms with E-state index in [0.717, 1.165) is 39.6 Å². The number of anilines is 1. The van der Waals surface area contributed by atoms with Gasteiger partial charge in [-0.25, -0.2) is 4.98 Å². The number of nitrogens with one attached hydrogen (secondary N) is 1. The van der Waals surface area contributed by atoms with Crippen molar-refractivity contribution in [2.75, 3.05) is 4.90 Å². The normalized spacial score (nSPS) is 10.8. The molecule has 0 radical (unpaired) electrons. The Labute approximate surface area is 227 Å². The molecule has 1 heterocycles. The SMILES string of the molecule is NCc1cccc(CNC(=O)c2ccc(CN(Cc3ccccc3)c3nc(-c4ccccc4)cs3)cc2)c1. The van der Waals surface area contributed by atoms with Gasteiger partial charge in [0.2, 0.25) is 0 Å². The van der Waals surface area contributed by atoms with E-state index in [-0.39, 0.29) is 5.91 Å². The lowest BCUT2D eigenvalue weighted by molar-refractivity contribution is 0.0951. The first kappa shape index (κ1) is 25.4. The first-order valence-corrected chi connectivity index (χ1v) is 13.5. The van der Waals surface area contributed by atoms with Crippen LogP contribution < -0.4 is 16.0 Å². The Bertz CT molecular complexity index is 1470. The molecule has 0 saturated carbocycles. The molecule has 0 unspecified atom stereocenters. The van der Waals surface area contributed by atoms with Crippen LogP contribution in [0.4, 0.5) is 5.13 Å². The molecule has 0 bridgehead atoms. The van der Waals surface area contributed by atoms with E-state index >= 15 is 0 Å². The summed E-state index contributed by atoms with van der Waals surface area (Å²) in [6.45, 7) is 2.38. The van der Waals surface area contributed by atoms with Crippen molar-refractivity contribution in [3.63, 3.8) is 0 Å². The number of nitrogens with two attached hydrogens (primary N) is 1. The topological polar surface area (TPSA) is 71.2 Å². The Hall–Kier alpha value is -4.26. The van der Waals surface area contributed by atoms with Gasteiger partial charge in [-0.2, -0.15) is 0 Å². The molecule has 5 rings (SSSR count). The largest absolute Gasteiger partial charge is 0.348 e. The summed E-state index contributed by atoms with van der Waals surface area (Å²) < 4.78 is 0. The van der Waals surface area contributed by atoms with Gasteiger partial charge in [-0.3, -0.25) is 4.79 Å². The van der Waals surface area contributed by atoms with E-state index in [4.69, 9.17) is 10.7 Å². The van der Waals surface area contributed by atoms with Crippen molar-refractivity contribution in [3.8, 4) is 11.3 Å². The molecule has 1 amide bonds. The van der Waals surface area contributed by atoms with E-state index in [0.29, 0.717) is 25.2 Å². The van der Waals surface area contributed by atoms with Crippen molar-refractivity contribution in [2.45, 2.75) is 26.2 Å². The number of amides is 1. The molecule has 0 atom stereocenters. The molecule has 190 valence electrons. The van der Waals surface area contributed by atoms with Gasteiger partial charge >= 0.3 is 0 Å². The van der Waals surface area contributed by atoms with E-state index < -0.39 is 0 Å². The number of benzene rings is 4. The lowest BCUT2D eigenvalue weighted by atomic mass is 10.1. The fraction of sp³-hybridized carbons (Fsp3) is 0.125. The highest BCUT2D eigenvalue weighted by Gasteiger charge is 2.14. The molecule has 38 heavy (non-hydrogen) atoms. The van der Waals surface area contributed by atoms with Crippen molar-refractivity contribution in [1.82, 2.24) is 10.3 Å². The Balaban J connectivity index is 1.29. The van der Waals surface area contributed by atoms with E-state index in [1.807, 2.05) is 72.8 Å². The molecular formula is C32H30N4OS. The van der Waals surface area contributed by atoms with E-state index in [1.54, 1.807) is 11.3 Å². The standard InChI is InChI=1S/C32H30N4OS/c33-19-26-10-7-11-27(18-26)20-34-31(37)29-16-14-25(15-17-29)22-36(21-24-8-3-1-4-9-24)32-35-30(23-38-32)28-12-5-2-6-13-28/h1-18,23H,19-22,33H2,(H,34,37). The number of rotatable bonds is 10. The summed E-state index contributed by atoms with van der Waals surface area (Å²) in [6, 6.07) is 36.4. The minimum atomic E-state index is -0.0942. The summed E-state index contributed by atoms with van der Waals surface area (Å²) in [5, 5.41) is 6.08. The Morgan fingerprint density at radius 1 is 0.763 bits per heavy atom. The number of carbonyl (C=O) groups is 1. The van der Waals surface area contributed by atoms with Gasteiger partial charge in [0.25, 0.3) is 5.91 Å². The first-order valence-electron chi connectivity index (χ1n) is 12.6. The zero-order valence-electron chi connectivity index (χ0n) is 21.1. The molecule has 0 spiro atoms. The molecule has 1 aromatic heterocycles. The Kier molecular flexibility index (Phi) is 8.23. The summed E-state index contributed by atoms with van der Waals surface area (Å²) in [7, 11) is 0. The van der Waals surface area contributed by atoms with Crippen LogP contribution in [0.3, 0.4) is 0 Å². The van der Waals surface area contributed by atoms with Crippen LogP contribution in [0.2, 0.25) is 0 Å². The molecule has 5 aromatic rings. The van der Waals surface area contributed by atoms with Crippen LogP contribution in [0.15, 0.2) is 115 Å². The first-order chi connectivity index (χ1) is 18.7. The third-order valence-corrected chi connectivity index (χ3v) is 7.22. The highest BCUT2D eigenvalue weighted by molar-refractivity contribution is 7.14. The van der Waals surface area contributed by atoms with Crippen LogP contribution in [0.5, 0.6) is 0 Å². The van der Waals surface area contributed by atoms with Gasteiger partial charge in [0.15, 0.2) is 5.13 Å². The second-order valence-electron chi connectivity index (χ2n) is 9.13. The molecule has 5 nitrogen and oxygen atoms in total. The van der Waals surface area contributed by atoms with Crippen LogP contribution in [0.25, 0.3) is 11.3 Å². The molecule has 0 aliphatic heterocycles. The van der Waals surface area contributed by atoms with E-state index in [1.165, 1.54) is 5.56 Å². The van der Waals surface area contributed by atoms with Crippen LogP contribution in [-0.2, 0) is 26.2 Å². The lowest BCUT2D eigenvalue weighted by Crippen LogP contribution is -2.23. The molecule has 4 aromatic carbocycles. The average Bonchev–Trinajstić information content (AvgIpc) is 3.48. The van der Waals surface area contributed by atoms with Gasteiger partial charge in [-0.1, -0.05) is 97.1 Å². The van der Waals surface area contributed by atoms with Gasteiger partial charge in [0, 0.05) is 42.7 Å². The summed E-state index contributed by atoms with van der Waals surface area (Å²) in [4.78, 5) is 20.0. The Morgan fingerprint density at radius 3 is 2.11 bits per heavy atom. The minimum absolute atomic E-state index is 0.0942.